The molecule has 0 aliphatic heterocycles. The van der Waals surface area contributed by atoms with Gasteiger partial charge in [-0.3, -0.25) is 4.79 Å². The molecule has 0 saturated carbocycles. The summed E-state index contributed by atoms with van der Waals surface area (Å²) < 4.78 is 18.5. The summed E-state index contributed by atoms with van der Waals surface area (Å²) in [5.74, 6) is -0.412. The van der Waals surface area contributed by atoms with E-state index in [4.69, 9.17) is 4.74 Å². The lowest BCUT2D eigenvalue weighted by Crippen LogP contribution is -2.07. The Morgan fingerprint density at radius 2 is 2.12 bits per heavy atom. The molecule has 0 radical (unpaired) electrons. The van der Waals surface area contributed by atoms with Crippen molar-refractivity contribution in [2.75, 3.05) is 7.11 Å². The van der Waals surface area contributed by atoms with E-state index in [9.17, 15) is 9.18 Å². The van der Waals surface area contributed by atoms with Gasteiger partial charge in [0.05, 0.1) is 12.1 Å². The first-order valence-corrected chi connectivity index (χ1v) is 4.93. The molecule has 2 aromatic rings. The molecule has 0 bridgehead atoms. The van der Waals surface area contributed by atoms with Gasteiger partial charge in [0.2, 0.25) is 0 Å². The summed E-state index contributed by atoms with van der Waals surface area (Å²) >= 11 is 0. The molecule has 0 fully saturated rings. The number of aryl methyl sites for hydroxylation is 1. The minimum absolute atomic E-state index is 0.191. The van der Waals surface area contributed by atoms with Gasteiger partial charge >= 0.3 is 0 Å². The maximum atomic E-state index is 13.6. The third-order valence-electron chi connectivity index (χ3n) is 2.39. The van der Waals surface area contributed by atoms with Gasteiger partial charge in [-0.2, -0.15) is 0 Å². The van der Waals surface area contributed by atoms with Crippen molar-refractivity contribution >= 4 is 10.9 Å². The molecule has 1 N–H and O–H groups in total. The van der Waals surface area contributed by atoms with Crippen LogP contribution in [0.15, 0.2) is 23.0 Å². The van der Waals surface area contributed by atoms with Crippen LogP contribution in [0.3, 0.4) is 0 Å². The number of ether oxygens (including phenoxy) is 1. The zero-order valence-corrected chi connectivity index (χ0v) is 9.13. The molecule has 0 spiro atoms. The predicted molar refractivity (Wildman–Crippen MR) is 60.0 cm³/mol. The number of fused-ring (bicyclic) bond motifs is 1. The molecule has 0 aliphatic carbocycles. The van der Waals surface area contributed by atoms with Crippen molar-refractivity contribution in [2.45, 2.75) is 13.5 Å². The molecule has 0 unspecified atom stereocenters. The Balaban J connectivity index is 2.77. The molecule has 0 saturated heterocycles. The molecule has 16 heavy (non-hydrogen) atoms. The van der Waals surface area contributed by atoms with E-state index in [0.717, 1.165) is 5.56 Å². The summed E-state index contributed by atoms with van der Waals surface area (Å²) in [7, 11) is 1.52. The van der Waals surface area contributed by atoms with Crippen molar-refractivity contribution in [3.63, 3.8) is 0 Å². The number of H-pyrrole nitrogens is 1. The fourth-order valence-electron chi connectivity index (χ4n) is 1.73. The topological polar surface area (TPSA) is 42.1 Å². The Morgan fingerprint density at radius 3 is 2.81 bits per heavy atom. The van der Waals surface area contributed by atoms with E-state index >= 15 is 0 Å². The highest BCUT2D eigenvalue weighted by Crippen LogP contribution is 2.15. The van der Waals surface area contributed by atoms with Crippen LogP contribution in [0.25, 0.3) is 10.9 Å². The first-order chi connectivity index (χ1) is 7.61. The third-order valence-corrected chi connectivity index (χ3v) is 2.39. The number of hydrogen-bond donors (Lipinski definition) is 1. The molecule has 0 atom stereocenters. The Labute approximate surface area is 91.9 Å². The summed E-state index contributed by atoms with van der Waals surface area (Å²) in [5, 5.41) is 0.373. The number of methoxy groups -OCH3 is 1. The molecule has 1 heterocycles. The van der Waals surface area contributed by atoms with Crippen molar-refractivity contribution in [2.24, 2.45) is 0 Å². The Morgan fingerprint density at radius 1 is 1.38 bits per heavy atom. The number of benzene rings is 1. The lowest BCUT2D eigenvalue weighted by molar-refractivity contribution is 0.181. The number of hydrogen-bond acceptors (Lipinski definition) is 2. The van der Waals surface area contributed by atoms with Crippen molar-refractivity contribution in [3.05, 3.63) is 45.5 Å². The average Bonchev–Trinajstić information content (AvgIpc) is 2.20. The number of pyridine rings is 1. The minimum Gasteiger partial charge on any atom is -0.378 e. The number of rotatable bonds is 2. The number of aromatic amines is 1. The van der Waals surface area contributed by atoms with Gasteiger partial charge in [-0.25, -0.2) is 4.39 Å². The highest BCUT2D eigenvalue weighted by molar-refractivity contribution is 5.79. The number of aromatic nitrogens is 1. The molecular weight excluding hydrogens is 209 g/mol. The summed E-state index contributed by atoms with van der Waals surface area (Å²) in [6, 6.07) is 4.51. The maximum absolute atomic E-state index is 13.6. The van der Waals surface area contributed by atoms with E-state index in [0.29, 0.717) is 11.1 Å². The number of halogens is 1. The van der Waals surface area contributed by atoms with E-state index in [1.54, 1.807) is 13.0 Å². The molecule has 0 aliphatic rings. The second-order valence-electron chi connectivity index (χ2n) is 3.76. The van der Waals surface area contributed by atoms with Crippen LogP contribution in [0.1, 0.15) is 11.3 Å². The zero-order valence-electron chi connectivity index (χ0n) is 9.13. The van der Waals surface area contributed by atoms with Gasteiger partial charge in [0.25, 0.3) is 0 Å². The highest BCUT2D eigenvalue weighted by Gasteiger charge is 2.07. The van der Waals surface area contributed by atoms with Gasteiger partial charge in [0.15, 0.2) is 5.43 Å². The maximum Gasteiger partial charge on any atom is 0.189 e. The van der Waals surface area contributed by atoms with Gasteiger partial charge in [-0.15, -0.1) is 0 Å². The Hall–Kier alpha value is -1.68. The number of nitrogens with one attached hydrogen (secondary N) is 1. The molecular formula is C12H12FNO2. The van der Waals surface area contributed by atoms with Crippen LogP contribution in [-0.4, -0.2) is 12.1 Å². The smallest absolute Gasteiger partial charge is 0.189 e. The average molecular weight is 221 g/mol. The minimum atomic E-state index is -0.412. The molecule has 3 nitrogen and oxygen atoms in total. The normalized spacial score (nSPS) is 10.9. The highest BCUT2D eigenvalue weighted by atomic mass is 19.1. The van der Waals surface area contributed by atoms with E-state index in [1.807, 2.05) is 0 Å². The molecule has 0 amide bonds. The van der Waals surface area contributed by atoms with E-state index in [2.05, 4.69) is 4.98 Å². The van der Waals surface area contributed by atoms with Gasteiger partial charge in [0.1, 0.15) is 5.82 Å². The monoisotopic (exact) mass is 221 g/mol. The zero-order chi connectivity index (χ0) is 11.7. The van der Waals surface area contributed by atoms with Gasteiger partial charge in [-0.05, 0) is 24.6 Å². The first-order valence-electron chi connectivity index (χ1n) is 4.93. The van der Waals surface area contributed by atoms with Gasteiger partial charge in [-0.1, -0.05) is 0 Å². The van der Waals surface area contributed by atoms with E-state index in [1.165, 1.54) is 19.2 Å². The molecule has 2 rings (SSSR count). The SMILES string of the molecule is COCc1cc(=O)c2cc(C)cc(F)c2[nH]1. The molecule has 4 heteroatoms. The van der Waals surface area contributed by atoms with Crippen molar-refractivity contribution in [1.82, 2.24) is 4.98 Å². The molecule has 1 aromatic heterocycles. The molecule has 1 aromatic carbocycles. The quantitative estimate of drug-likeness (QED) is 0.844. The van der Waals surface area contributed by atoms with Gasteiger partial charge in [0, 0.05) is 24.3 Å². The summed E-state index contributed by atoms with van der Waals surface area (Å²) in [5.41, 5.74) is 1.35. The summed E-state index contributed by atoms with van der Waals surface area (Å²) in [6.07, 6.45) is 0. The second kappa shape index (κ2) is 4.06. The van der Waals surface area contributed by atoms with Crippen LogP contribution in [-0.2, 0) is 11.3 Å². The summed E-state index contributed by atoms with van der Waals surface area (Å²) in [6.45, 7) is 2.02. The van der Waals surface area contributed by atoms with Crippen LogP contribution < -0.4 is 5.43 Å². The van der Waals surface area contributed by atoms with Crippen LogP contribution in [0.5, 0.6) is 0 Å². The largest absolute Gasteiger partial charge is 0.378 e. The molecule has 84 valence electrons. The van der Waals surface area contributed by atoms with Crippen molar-refractivity contribution in [3.8, 4) is 0 Å². The van der Waals surface area contributed by atoms with Crippen LogP contribution in [0.4, 0.5) is 4.39 Å². The second-order valence-corrected chi connectivity index (χ2v) is 3.76. The first kappa shape index (κ1) is 10.8. The third kappa shape index (κ3) is 1.84. The van der Waals surface area contributed by atoms with Crippen molar-refractivity contribution < 1.29 is 9.13 Å². The van der Waals surface area contributed by atoms with Crippen molar-refractivity contribution in [1.29, 1.82) is 0 Å². The van der Waals surface area contributed by atoms with E-state index < -0.39 is 5.82 Å². The fraction of sp³-hybridized carbons (Fsp3) is 0.250. The Kier molecular flexibility index (Phi) is 2.75. The van der Waals surface area contributed by atoms with Crippen LogP contribution in [0.2, 0.25) is 0 Å². The lowest BCUT2D eigenvalue weighted by Gasteiger charge is -2.05. The van der Waals surface area contributed by atoms with Crippen LogP contribution in [0, 0.1) is 12.7 Å². The lowest BCUT2D eigenvalue weighted by atomic mass is 10.1. The van der Waals surface area contributed by atoms with E-state index in [-0.39, 0.29) is 17.6 Å². The van der Waals surface area contributed by atoms with Gasteiger partial charge < -0.3 is 9.72 Å². The standard InChI is InChI=1S/C12H12FNO2/c1-7-3-9-11(15)5-8(6-16-2)14-12(9)10(13)4-7/h3-5H,6H2,1-2H3,(H,14,15). The summed E-state index contributed by atoms with van der Waals surface area (Å²) in [4.78, 5) is 14.6. The van der Waals surface area contributed by atoms with Crippen LogP contribution >= 0.6 is 0 Å². The Bertz CT molecular complexity index is 589. The predicted octanol–water partition coefficient (Wildman–Crippen LogP) is 2.12. The fourth-order valence-corrected chi connectivity index (χ4v) is 1.73.